The van der Waals surface area contributed by atoms with Gasteiger partial charge in [0.05, 0.1) is 12.3 Å². The molecule has 0 atom stereocenters. The molecule has 25 heavy (non-hydrogen) atoms. The van der Waals surface area contributed by atoms with Crippen molar-refractivity contribution in [2.45, 2.75) is 20.3 Å². The Kier molecular flexibility index (Phi) is 5.14. The number of nitrogens with zero attached hydrogens (tertiary/aromatic N) is 1. The van der Waals surface area contributed by atoms with Crippen molar-refractivity contribution < 1.29 is 4.74 Å². The summed E-state index contributed by atoms with van der Waals surface area (Å²) in [7, 11) is 0. The van der Waals surface area contributed by atoms with E-state index in [0.29, 0.717) is 24.5 Å². The number of hydrogen-bond donors (Lipinski definition) is 2. The quantitative estimate of drug-likeness (QED) is 0.719. The lowest BCUT2D eigenvalue weighted by molar-refractivity contribution is 0.340. The molecule has 0 spiro atoms. The first kappa shape index (κ1) is 16.8. The first-order chi connectivity index (χ1) is 12.2. The SMILES string of the molecule is CCOc1ccc(Nc2nc(C)c(Cc3ccccc3)c(=O)[nH]2)cc1. The Morgan fingerprint density at radius 3 is 2.44 bits per heavy atom. The summed E-state index contributed by atoms with van der Waals surface area (Å²) in [5.74, 6) is 1.24. The molecule has 1 aromatic heterocycles. The summed E-state index contributed by atoms with van der Waals surface area (Å²) in [5.41, 5.74) is 3.21. The molecular formula is C20H21N3O2. The normalized spacial score (nSPS) is 10.5. The number of benzene rings is 2. The third kappa shape index (κ3) is 4.26. The largest absolute Gasteiger partial charge is 0.494 e. The van der Waals surface area contributed by atoms with E-state index < -0.39 is 0 Å². The van der Waals surface area contributed by atoms with E-state index >= 15 is 0 Å². The summed E-state index contributed by atoms with van der Waals surface area (Å²) in [5, 5.41) is 3.12. The molecule has 0 unspecified atom stereocenters. The fourth-order valence-corrected chi connectivity index (χ4v) is 2.62. The molecule has 0 radical (unpaired) electrons. The van der Waals surface area contributed by atoms with E-state index in [4.69, 9.17) is 4.74 Å². The first-order valence-corrected chi connectivity index (χ1v) is 8.29. The van der Waals surface area contributed by atoms with E-state index in [9.17, 15) is 4.79 Å². The molecule has 0 saturated carbocycles. The predicted molar refractivity (Wildman–Crippen MR) is 99.7 cm³/mol. The van der Waals surface area contributed by atoms with Gasteiger partial charge in [-0.05, 0) is 43.7 Å². The minimum absolute atomic E-state index is 0.121. The second kappa shape index (κ2) is 7.66. The topological polar surface area (TPSA) is 67.0 Å². The van der Waals surface area contributed by atoms with E-state index in [1.165, 1.54) is 0 Å². The highest BCUT2D eigenvalue weighted by Gasteiger charge is 2.09. The van der Waals surface area contributed by atoms with Crippen molar-refractivity contribution in [3.8, 4) is 5.75 Å². The summed E-state index contributed by atoms with van der Waals surface area (Å²) < 4.78 is 5.42. The highest BCUT2D eigenvalue weighted by atomic mass is 16.5. The molecule has 0 saturated heterocycles. The number of rotatable bonds is 6. The van der Waals surface area contributed by atoms with Crippen LogP contribution in [0.25, 0.3) is 0 Å². The van der Waals surface area contributed by atoms with Gasteiger partial charge in [-0.1, -0.05) is 30.3 Å². The molecule has 0 aliphatic carbocycles. The summed E-state index contributed by atoms with van der Waals surface area (Å²) >= 11 is 0. The number of hydrogen-bond acceptors (Lipinski definition) is 4. The average molecular weight is 335 g/mol. The van der Waals surface area contributed by atoms with E-state index in [0.717, 1.165) is 22.7 Å². The minimum Gasteiger partial charge on any atom is -0.494 e. The number of H-pyrrole nitrogens is 1. The lowest BCUT2D eigenvalue weighted by Crippen LogP contribution is -2.18. The molecule has 0 amide bonds. The lowest BCUT2D eigenvalue weighted by atomic mass is 10.1. The van der Waals surface area contributed by atoms with Crippen molar-refractivity contribution in [2.24, 2.45) is 0 Å². The van der Waals surface area contributed by atoms with E-state index in [1.807, 2.05) is 68.4 Å². The van der Waals surface area contributed by atoms with Gasteiger partial charge in [-0.2, -0.15) is 0 Å². The Balaban J connectivity index is 1.78. The van der Waals surface area contributed by atoms with Crippen molar-refractivity contribution in [3.63, 3.8) is 0 Å². The lowest BCUT2D eigenvalue weighted by Gasteiger charge is -2.10. The van der Waals surface area contributed by atoms with Crippen LogP contribution in [0, 0.1) is 6.92 Å². The fourth-order valence-electron chi connectivity index (χ4n) is 2.62. The maximum atomic E-state index is 12.4. The molecule has 3 aromatic rings. The zero-order valence-corrected chi connectivity index (χ0v) is 14.4. The Hall–Kier alpha value is -3.08. The number of anilines is 2. The van der Waals surface area contributed by atoms with E-state index in [1.54, 1.807) is 0 Å². The van der Waals surface area contributed by atoms with Crippen molar-refractivity contribution in [1.29, 1.82) is 0 Å². The van der Waals surface area contributed by atoms with Gasteiger partial charge < -0.3 is 10.1 Å². The fraction of sp³-hybridized carbons (Fsp3) is 0.200. The van der Waals surface area contributed by atoms with Crippen molar-refractivity contribution in [2.75, 3.05) is 11.9 Å². The second-order valence-corrected chi connectivity index (χ2v) is 5.72. The van der Waals surface area contributed by atoms with Gasteiger partial charge in [0, 0.05) is 17.7 Å². The van der Waals surface area contributed by atoms with E-state index in [-0.39, 0.29) is 5.56 Å². The Bertz CT molecular complexity index is 887. The summed E-state index contributed by atoms with van der Waals surface area (Å²) in [6.07, 6.45) is 0.568. The molecule has 5 nitrogen and oxygen atoms in total. The molecule has 0 aliphatic heterocycles. The van der Waals surface area contributed by atoms with E-state index in [2.05, 4.69) is 15.3 Å². The smallest absolute Gasteiger partial charge is 0.256 e. The van der Waals surface area contributed by atoms with Crippen LogP contribution in [-0.2, 0) is 6.42 Å². The second-order valence-electron chi connectivity index (χ2n) is 5.72. The molecule has 0 bridgehead atoms. The zero-order chi connectivity index (χ0) is 17.6. The van der Waals surface area contributed by atoms with Crippen molar-refractivity contribution in [1.82, 2.24) is 9.97 Å². The first-order valence-electron chi connectivity index (χ1n) is 8.29. The predicted octanol–water partition coefficient (Wildman–Crippen LogP) is 3.81. The number of nitrogens with one attached hydrogen (secondary N) is 2. The minimum atomic E-state index is -0.121. The van der Waals surface area contributed by atoms with Crippen LogP contribution >= 0.6 is 0 Å². The van der Waals surface area contributed by atoms with Gasteiger partial charge >= 0.3 is 0 Å². The van der Waals surface area contributed by atoms with Gasteiger partial charge in [0.25, 0.3) is 5.56 Å². The monoisotopic (exact) mass is 335 g/mol. The van der Waals surface area contributed by atoms with Crippen molar-refractivity contribution in [3.05, 3.63) is 81.8 Å². The maximum Gasteiger partial charge on any atom is 0.256 e. The molecule has 1 heterocycles. The zero-order valence-electron chi connectivity index (χ0n) is 14.4. The van der Waals surface area contributed by atoms with Gasteiger partial charge in [-0.25, -0.2) is 4.98 Å². The molecular weight excluding hydrogens is 314 g/mol. The van der Waals surface area contributed by atoms with Crippen LogP contribution in [0.15, 0.2) is 59.4 Å². The summed E-state index contributed by atoms with van der Waals surface area (Å²) in [4.78, 5) is 19.7. The Labute approximate surface area is 146 Å². The van der Waals surface area contributed by atoms with Crippen LogP contribution < -0.4 is 15.6 Å². The number of aromatic amines is 1. The molecule has 128 valence electrons. The van der Waals surface area contributed by atoms with Crippen LogP contribution in [0.3, 0.4) is 0 Å². The Morgan fingerprint density at radius 1 is 1.08 bits per heavy atom. The Morgan fingerprint density at radius 2 is 1.80 bits per heavy atom. The van der Waals surface area contributed by atoms with Crippen LogP contribution in [-0.4, -0.2) is 16.6 Å². The molecule has 5 heteroatoms. The van der Waals surface area contributed by atoms with Crippen LogP contribution in [0.2, 0.25) is 0 Å². The van der Waals surface area contributed by atoms with Gasteiger partial charge in [0.1, 0.15) is 5.75 Å². The number of aromatic nitrogens is 2. The molecule has 2 N–H and O–H groups in total. The molecule has 2 aromatic carbocycles. The molecule has 3 rings (SSSR count). The third-order valence-corrected chi connectivity index (χ3v) is 3.87. The van der Waals surface area contributed by atoms with Gasteiger partial charge in [-0.3, -0.25) is 9.78 Å². The molecule has 0 fully saturated rings. The van der Waals surface area contributed by atoms with Crippen molar-refractivity contribution >= 4 is 11.6 Å². The summed E-state index contributed by atoms with van der Waals surface area (Å²) in [6.45, 7) is 4.43. The van der Waals surface area contributed by atoms with Crippen LogP contribution in [0.4, 0.5) is 11.6 Å². The third-order valence-electron chi connectivity index (χ3n) is 3.87. The highest BCUT2D eigenvalue weighted by molar-refractivity contribution is 5.54. The highest BCUT2D eigenvalue weighted by Crippen LogP contribution is 2.18. The molecule has 0 aliphatic rings. The van der Waals surface area contributed by atoms with Crippen LogP contribution in [0.5, 0.6) is 5.75 Å². The van der Waals surface area contributed by atoms with Gasteiger partial charge in [0.2, 0.25) is 5.95 Å². The number of ether oxygens (including phenoxy) is 1. The van der Waals surface area contributed by atoms with Gasteiger partial charge in [-0.15, -0.1) is 0 Å². The van der Waals surface area contributed by atoms with Crippen LogP contribution in [0.1, 0.15) is 23.7 Å². The maximum absolute atomic E-state index is 12.4. The number of aryl methyl sites for hydroxylation is 1. The standard InChI is InChI=1S/C20H21N3O2/c1-3-25-17-11-9-16(10-12-17)22-20-21-14(2)18(19(24)23-20)13-15-7-5-4-6-8-15/h4-12H,3,13H2,1-2H3,(H2,21,22,23,24). The average Bonchev–Trinajstić information content (AvgIpc) is 2.61. The van der Waals surface area contributed by atoms with Gasteiger partial charge in [0.15, 0.2) is 0 Å². The summed E-state index contributed by atoms with van der Waals surface area (Å²) in [6, 6.07) is 17.4.